The normalized spacial score (nSPS) is 10.9. The molecule has 0 radical (unpaired) electrons. The number of anilines is 1. The summed E-state index contributed by atoms with van der Waals surface area (Å²) in [6.45, 7) is 0.671. The summed E-state index contributed by atoms with van der Waals surface area (Å²) in [4.78, 5) is 28.8. The monoisotopic (exact) mass is 432 g/mol. The second kappa shape index (κ2) is 9.02. The molecule has 0 saturated heterocycles. The lowest BCUT2D eigenvalue weighted by atomic mass is 10.1. The summed E-state index contributed by atoms with van der Waals surface area (Å²) in [5.74, 6) is -0.522. The number of rotatable bonds is 7. The number of benzene rings is 3. The SMILES string of the molecule is NC(=O)c1cccc(C(=O)Nc2nc3cc(Cl)ccc3n2CCCc2ccccc2)c1. The first-order valence-corrected chi connectivity index (χ1v) is 10.3. The van der Waals surface area contributed by atoms with Crippen molar-refractivity contribution < 1.29 is 9.59 Å². The van der Waals surface area contributed by atoms with E-state index in [4.69, 9.17) is 17.3 Å². The maximum Gasteiger partial charge on any atom is 0.257 e. The highest BCUT2D eigenvalue weighted by atomic mass is 35.5. The third-order valence-electron chi connectivity index (χ3n) is 5.03. The third-order valence-corrected chi connectivity index (χ3v) is 5.27. The molecule has 3 aromatic carbocycles. The molecule has 0 spiro atoms. The molecule has 1 aromatic heterocycles. The minimum absolute atomic E-state index is 0.274. The van der Waals surface area contributed by atoms with Crippen LogP contribution in [0.2, 0.25) is 5.02 Å². The number of fused-ring (bicyclic) bond motifs is 1. The van der Waals surface area contributed by atoms with Gasteiger partial charge in [-0.2, -0.15) is 0 Å². The number of halogens is 1. The molecule has 0 aliphatic heterocycles. The molecule has 31 heavy (non-hydrogen) atoms. The molecule has 7 heteroatoms. The molecular weight excluding hydrogens is 412 g/mol. The lowest BCUT2D eigenvalue weighted by molar-refractivity contribution is 0.1000. The summed E-state index contributed by atoms with van der Waals surface area (Å²) in [5.41, 5.74) is 8.78. The summed E-state index contributed by atoms with van der Waals surface area (Å²) in [7, 11) is 0. The van der Waals surface area contributed by atoms with E-state index >= 15 is 0 Å². The minimum Gasteiger partial charge on any atom is -0.366 e. The van der Waals surface area contributed by atoms with Crippen molar-refractivity contribution in [3.8, 4) is 0 Å². The van der Waals surface area contributed by atoms with Crippen molar-refractivity contribution >= 4 is 40.4 Å². The number of aromatic nitrogens is 2. The smallest absolute Gasteiger partial charge is 0.257 e. The molecular formula is C24H21ClN4O2. The van der Waals surface area contributed by atoms with Crippen LogP contribution in [0.1, 0.15) is 32.7 Å². The van der Waals surface area contributed by atoms with Crippen molar-refractivity contribution in [3.63, 3.8) is 0 Å². The number of hydrogen-bond acceptors (Lipinski definition) is 3. The Morgan fingerprint density at radius 2 is 1.74 bits per heavy atom. The highest BCUT2D eigenvalue weighted by Gasteiger charge is 2.16. The second-order valence-corrected chi connectivity index (χ2v) is 7.64. The Labute approximate surface area is 184 Å². The van der Waals surface area contributed by atoms with E-state index in [0.717, 1.165) is 18.4 Å². The molecule has 156 valence electrons. The topological polar surface area (TPSA) is 90.0 Å². The van der Waals surface area contributed by atoms with E-state index in [-0.39, 0.29) is 11.5 Å². The van der Waals surface area contributed by atoms with Gasteiger partial charge in [0, 0.05) is 22.7 Å². The highest BCUT2D eigenvalue weighted by Crippen LogP contribution is 2.24. The summed E-state index contributed by atoms with van der Waals surface area (Å²) >= 11 is 6.13. The highest BCUT2D eigenvalue weighted by molar-refractivity contribution is 6.31. The van der Waals surface area contributed by atoms with Crippen LogP contribution in [0.3, 0.4) is 0 Å². The zero-order chi connectivity index (χ0) is 21.8. The Morgan fingerprint density at radius 1 is 0.968 bits per heavy atom. The molecule has 0 fully saturated rings. The molecule has 0 bridgehead atoms. The van der Waals surface area contributed by atoms with Crippen molar-refractivity contribution in [3.05, 3.63) is 94.5 Å². The van der Waals surface area contributed by atoms with Crippen LogP contribution in [0.5, 0.6) is 0 Å². The largest absolute Gasteiger partial charge is 0.366 e. The number of carbonyl (C=O) groups is 2. The number of nitrogens with two attached hydrogens (primary N) is 1. The van der Waals surface area contributed by atoms with Gasteiger partial charge in [0.1, 0.15) is 0 Å². The van der Waals surface area contributed by atoms with E-state index in [2.05, 4.69) is 22.4 Å². The number of primary amides is 1. The van der Waals surface area contributed by atoms with Gasteiger partial charge in [0.05, 0.1) is 11.0 Å². The Balaban J connectivity index is 1.60. The fourth-order valence-electron chi connectivity index (χ4n) is 3.50. The minimum atomic E-state index is -0.586. The summed E-state index contributed by atoms with van der Waals surface area (Å²) in [6, 6.07) is 22.0. The van der Waals surface area contributed by atoms with Gasteiger partial charge in [0.25, 0.3) is 5.91 Å². The fraction of sp³-hybridized carbons (Fsp3) is 0.125. The number of aryl methyl sites for hydroxylation is 2. The standard InChI is InChI=1S/C24H21ClN4O2/c25-19-11-12-21-20(15-19)27-24(29(21)13-5-8-16-6-2-1-3-7-16)28-23(31)18-10-4-9-17(14-18)22(26)30/h1-4,6-7,9-12,14-15H,5,8,13H2,(H2,26,30)(H,27,28,31). The maximum atomic E-state index is 12.8. The molecule has 0 saturated carbocycles. The average Bonchev–Trinajstić information content (AvgIpc) is 3.10. The van der Waals surface area contributed by atoms with Gasteiger partial charge in [-0.05, 0) is 54.8 Å². The zero-order valence-corrected chi connectivity index (χ0v) is 17.5. The van der Waals surface area contributed by atoms with Gasteiger partial charge < -0.3 is 10.3 Å². The molecule has 0 unspecified atom stereocenters. The van der Waals surface area contributed by atoms with Crippen molar-refractivity contribution in [1.82, 2.24) is 9.55 Å². The summed E-state index contributed by atoms with van der Waals surface area (Å²) in [5, 5.41) is 3.45. The number of nitrogens with zero attached hydrogens (tertiary/aromatic N) is 2. The van der Waals surface area contributed by atoms with Gasteiger partial charge in [-0.3, -0.25) is 14.9 Å². The summed E-state index contributed by atoms with van der Waals surface area (Å²) in [6.07, 6.45) is 1.78. The molecule has 0 aliphatic rings. The molecule has 3 N–H and O–H groups in total. The first kappa shape index (κ1) is 20.6. The van der Waals surface area contributed by atoms with E-state index < -0.39 is 5.91 Å². The first-order valence-electron chi connectivity index (χ1n) is 9.92. The van der Waals surface area contributed by atoms with Crippen LogP contribution >= 0.6 is 11.6 Å². The van der Waals surface area contributed by atoms with Gasteiger partial charge in [-0.15, -0.1) is 0 Å². The van der Waals surface area contributed by atoms with Crippen LogP contribution in [-0.4, -0.2) is 21.4 Å². The molecule has 0 atom stereocenters. The van der Waals surface area contributed by atoms with Crippen LogP contribution in [-0.2, 0) is 13.0 Å². The predicted octanol–water partition coefficient (Wildman–Crippen LogP) is 4.67. The van der Waals surface area contributed by atoms with E-state index in [1.54, 1.807) is 30.3 Å². The van der Waals surface area contributed by atoms with Gasteiger partial charge in [0.15, 0.2) is 0 Å². The fourth-order valence-corrected chi connectivity index (χ4v) is 3.66. The number of imidazole rings is 1. The van der Waals surface area contributed by atoms with Gasteiger partial charge >= 0.3 is 0 Å². The molecule has 4 aromatic rings. The quantitative estimate of drug-likeness (QED) is 0.444. The Hall–Kier alpha value is -3.64. The maximum absolute atomic E-state index is 12.8. The third kappa shape index (κ3) is 4.75. The van der Waals surface area contributed by atoms with E-state index in [1.165, 1.54) is 11.6 Å². The number of carbonyl (C=O) groups excluding carboxylic acids is 2. The van der Waals surface area contributed by atoms with Gasteiger partial charge in [-0.1, -0.05) is 48.0 Å². The molecule has 6 nitrogen and oxygen atoms in total. The van der Waals surface area contributed by atoms with Crippen molar-refractivity contribution in [2.45, 2.75) is 19.4 Å². The van der Waals surface area contributed by atoms with Crippen LogP contribution in [0.4, 0.5) is 5.95 Å². The van der Waals surface area contributed by atoms with Gasteiger partial charge in [-0.25, -0.2) is 4.98 Å². The number of hydrogen-bond donors (Lipinski definition) is 2. The van der Waals surface area contributed by atoms with Crippen LogP contribution in [0.15, 0.2) is 72.8 Å². The van der Waals surface area contributed by atoms with Crippen LogP contribution in [0.25, 0.3) is 11.0 Å². The zero-order valence-electron chi connectivity index (χ0n) is 16.7. The molecule has 0 aliphatic carbocycles. The first-order chi connectivity index (χ1) is 15.0. The Kier molecular flexibility index (Phi) is 6.00. The Bertz CT molecular complexity index is 1250. The number of amides is 2. The molecule has 4 rings (SSSR count). The van der Waals surface area contributed by atoms with Crippen LogP contribution < -0.4 is 11.1 Å². The predicted molar refractivity (Wildman–Crippen MR) is 122 cm³/mol. The lowest BCUT2D eigenvalue weighted by Gasteiger charge is -2.11. The lowest BCUT2D eigenvalue weighted by Crippen LogP contribution is -2.18. The molecule has 1 heterocycles. The van der Waals surface area contributed by atoms with E-state index in [1.807, 2.05) is 28.8 Å². The average molecular weight is 433 g/mol. The van der Waals surface area contributed by atoms with Crippen molar-refractivity contribution in [2.75, 3.05) is 5.32 Å². The summed E-state index contributed by atoms with van der Waals surface area (Å²) < 4.78 is 1.98. The van der Waals surface area contributed by atoms with Crippen molar-refractivity contribution in [1.29, 1.82) is 0 Å². The van der Waals surface area contributed by atoms with Crippen molar-refractivity contribution in [2.24, 2.45) is 5.73 Å². The number of nitrogens with one attached hydrogen (secondary N) is 1. The Morgan fingerprint density at radius 3 is 2.52 bits per heavy atom. The van der Waals surface area contributed by atoms with Gasteiger partial charge in [0.2, 0.25) is 11.9 Å². The second-order valence-electron chi connectivity index (χ2n) is 7.21. The van der Waals surface area contributed by atoms with Crippen LogP contribution in [0, 0.1) is 0 Å². The van der Waals surface area contributed by atoms with E-state index in [0.29, 0.717) is 28.6 Å². The molecule has 2 amide bonds. The van der Waals surface area contributed by atoms with E-state index in [9.17, 15) is 9.59 Å².